The van der Waals surface area contributed by atoms with Gasteiger partial charge in [0.25, 0.3) is 0 Å². The van der Waals surface area contributed by atoms with Gasteiger partial charge in [-0.05, 0) is 6.42 Å². The van der Waals surface area contributed by atoms with Gasteiger partial charge in [-0.25, -0.2) is 0 Å². The van der Waals surface area contributed by atoms with Crippen LogP contribution in [0.3, 0.4) is 0 Å². The maximum atomic E-state index is 12.1. The molecule has 0 aliphatic carbocycles. The van der Waals surface area contributed by atoms with Crippen LogP contribution in [0.1, 0.15) is 6.42 Å². The first-order chi connectivity index (χ1) is 6.84. The molecular formula is C8H13F3N2O2. The highest BCUT2D eigenvalue weighted by Gasteiger charge is 2.44. The topological polar surface area (TPSA) is 55.6 Å². The molecule has 0 aromatic rings. The Bertz CT molecular complexity index is 239. The molecule has 2 unspecified atom stereocenters. The van der Waals surface area contributed by atoms with Crippen LogP contribution in [0.4, 0.5) is 13.2 Å². The number of carbonyl (C=O) groups excluding carboxylic acids is 1. The predicted octanol–water partition coefficient (Wildman–Crippen LogP) is 0.123. The number of hydrogen-bond acceptors (Lipinski definition) is 3. The van der Waals surface area contributed by atoms with Crippen molar-refractivity contribution in [2.24, 2.45) is 5.73 Å². The summed E-state index contributed by atoms with van der Waals surface area (Å²) in [4.78, 5) is 12.3. The Morgan fingerprint density at radius 2 is 2.20 bits per heavy atom. The molecule has 1 fully saturated rings. The average molecular weight is 226 g/mol. The molecule has 1 amide bonds. The molecule has 0 radical (unpaired) electrons. The minimum Gasteiger partial charge on any atom is -0.379 e. The zero-order valence-corrected chi connectivity index (χ0v) is 8.25. The van der Waals surface area contributed by atoms with E-state index in [1.807, 2.05) is 0 Å². The van der Waals surface area contributed by atoms with Gasteiger partial charge in [-0.2, -0.15) is 13.2 Å². The number of likely N-dealkylation sites (N-methyl/N-ethyl adjacent to an activating group) is 1. The number of alkyl halides is 3. The summed E-state index contributed by atoms with van der Waals surface area (Å²) in [6.07, 6.45) is -4.14. The maximum Gasteiger partial charge on any atom is 0.412 e. The van der Waals surface area contributed by atoms with Crippen LogP contribution in [-0.2, 0) is 9.53 Å². The predicted molar refractivity (Wildman–Crippen MR) is 46.0 cm³/mol. The highest BCUT2D eigenvalue weighted by Crippen LogP contribution is 2.21. The van der Waals surface area contributed by atoms with Gasteiger partial charge in [0.15, 0.2) is 6.04 Å². The molecule has 7 heteroatoms. The van der Waals surface area contributed by atoms with Crippen LogP contribution in [-0.4, -0.2) is 49.3 Å². The van der Waals surface area contributed by atoms with Crippen molar-refractivity contribution in [3.8, 4) is 0 Å². The number of hydrogen-bond donors (Lipinski definition) is 1. The normalized spacial score (nSPS) is 23.9. The van der Waals surface area contributed by atoms with E-state index in [9.17, 15) is 18.0 Å². The molecule has 0 spiro atoms. The molecule has 0 saturated carbocycles. The summed E-state index contributed by atoms with van der Waals surface area (Å²) in [5, 5.41) is 0. The molecule has 1 aliphatic rings. The quantitative estimate of drug-likeness (QED) is 0.727. The molecule has 2 N–H and O–H groups in total. The number of nitrogens with zero attached hydrogens (tertiary/aromatic N) is 1. The van der Waals surface area contributed by atoms with E-state index in [1.54, 1.807) is 0 Å². The largest absolute Gasteiger partial charge is 0.412 e. The fraction of sp³-hybridized carbons (Fsp3) is 0.875. The van der Waals surface area contributed by atoms with Crippen molar-refractivity contribution in [3.63, 3.8) is 0 Å². The van der Waals surface area contributed by atoms with Gasteiger partial charge < -0.3 is 15.4 Å². The molecule has 1 saturated heterocycles. The first-order valence-electron chi connectivity index (χ1n) is 4.50. The summed E-state index contributed by atoms with van der Waals surface area (Å²) in [6.45, 7) is 0.732. The van der Waals surface area contributed by atoms with Gasteiger partial charge in [-0.3, -0.25) is 4.79 Å². The second-order valence-electron chi connectivity index (χ2n) is 3.49. The molecule has 4 nitrogen and oxygen atoms in total. The SMILES string of the molecule is CN(C(=O)C(N)C(F)(F)F)C1CCOC1. The molecular weight excluding hydrogens is 213 g/mol. The van der Waals surface area contributed by atoms with Gasteiger partial charge in [0, 0.05) is 13.7 Å². The lowest BCUT2D eigenvalue weighted by atomic mass is 10.2. The van der Waals surface area contributed by atoms with Crippen molar-refractivity contribution < 1.29 is 22.7 Å². The maximum absolute atomic E-state index is 12.1. The Kier molecular flexibility index (Phi) is 3.56. The van der Waals surface area contributed by atoms with Crippen molar-refractivity contribution in [1.29, 1.82) is 0 Å². The molecule has 1 rings (SSSR count). The van der Waals surface area contributed by atoms with Crippen molar-refractivity contribution >= 4 is 5.91 Å². The highest BCUT2D eigenvalue weighted by atomic mass is 19.4. The van der Waals surface area contributed by atoms with Gasteiger partial charge in [-0.1, -0.05) is 0 Å². The number of halogens is 3. The summed E-state index contributed by atoms with van der Waals surface area (Å²) >= 11 is 0. The molecule has 15 heavy (non-hydrogen) atoms. The van der Waals surface area contributed by atoms with E-state index in [0.29, 0.717) is 13.0 Å². The molecule has 1 heterocycles. The summed E-state index contributed by atoms with van der Waals surface area (Å²) in [6, 6.07) is -2.74. The summed E-state index contributed by atoms with van der Waals surface area (Å²) in [5.74, 6) is -1.11. The van der Waals surface area contributed by atoms with Gasteiger partial charge in [0.1, 0.15) is 0 Å². The van der Waals surface area contributed by atoms with Gasteiger partial charge in [0.2, 0.25) is 5.91 Å². The number of amides is 1. The minimum atomic E-state index is -4.69. The van der Waals surface area contributed by atoms with E-state index in [4.69, 9.17) is 10.5 Å². The summed E-state index contributed by atoms with van der Waals surface area (Å²) < 4.78 is 41.4. The average Bonchev–Trinajstić information content (AvgIpc) is 2.65. The van der Waals surface area contributed by atoms with E-state index < -0.39 is 18.1 Å². The minimum absolute atomic E-state index is 0.271. The van der Waals surface area contributed by atoms with Crippen LogP contribution >= 0.6 is 0 Å². The van der Waals surface area contributed by atoms with Gasteiger partial charge in [0.05, 0.1) is 12.6 Å². The first-order valence-corrected chi connectivity index (χ1v) is 4.50. The van der Waals surface area contributed by atoms with Crippen molar-refractivity contribution in [1.82, 2.24) is 4.90 Å². The zero-order chi connectivity index (χ0) is 11.6. The van der Waals surface area contributed by atoms with E-state index in [0.717, 1.165) is 4.90 Å². The summed E-state index contributed by atoms with van der Waals surface area (Å²) in [7, 11) is 1.31. The highest BCUT2D eigenvalue weighted by molar-refractivity contribution is 5.82. The van der Waals surface area contributed by atoms with Gasteiger partial charge >= 0.3 is 6.18 Å². The molecule has 1 aliphatic heterocycles. The molecule has 0 aromatic heterocycles. The number of rotatable bonds is 2. The van der Waals surface area contributed by atoms with Crippen LogP contribution in [0.2, 0.25) is 0 Å². The van der Waals surface area contributed by atoms with Crippen molar-refractivity contribution in [2.45, 2.75) is 24.7 Å². The fourth-order valence-corrected chi connectivity index (χ4v) is 1.37. The second-order valence-corrected chi connectivity index (χ2v) is 3.49. The molecule has 2 atom stereocenters. The standard InChI is InChI=1S/C8H13F3N2O2/c1-13(5-2-3-15-4-5)7(14)6(12)8(9,10)11/h5-6H,2-4,12H2,1H3. The Balaban J connectivity index is 2.59. The lowest BCUT2D eigenvalue weighted by molar-refractivity contribution is -0.170. The molecule has 88 valence electrons. The van der Waals surface area contributed by atoms with E-state index in [1.165, 1.54) is 7.05 Å². The van der Waals surface area contributed by atoms with Crippen molar-refractivity contribution in [2.75, 3.05) is 20.3 Å². The lowest BCUT2D eigenvalue weighted by Gasteiger charge is -2.26. The number of nitrogens with two attached hydrogens (primary N) is 1. The second kappa shape index (κ2) is 4.36. The number of ether oxygens (including phenoxy) is 1. The molecule has 0 aromatic carbocycles. The third-order valence-corrected chi connectivity index (χ3v) is 2.42. The zero-order valence-electron chi connectivity index (χ0n) is 8.25. The third kappa shape index (κ3) is 2.82. The van der Waals surface area contributed by atoms with Crippen LogP contribution in [0.5, 0.6) is 0 Å². The van der Waals surface area contributed by atoms with Crippen LogP contribution in [0.25, 0.3) is 0 Å². The molecule has 0 bridgehead atoms. The lowest BCUT2D eigenvalue weighted by Crippen LogP contribution is -2.53. The van der Waals surface area contributed by atoms with Gasteiger partial charge in [-0.15, -0.1) is 0 Å². The summed E-state index contributed by atoms with van der Waals surface area (Å²) in [5.41, 5.74) is 4.81. The third-order valence-electron chi connectivity index (χ3n) is 2.42. The van der Waals surface area contributed by atoms with E-state index >= 15 is 0 Å². The fourth-order valence-electron chi connectivity index (χ4n) is 1.37. The Labute approximate surface area is 85.2 Å². The Morgan fingerprint density at radius 1 is 1.60 bits per heavy atom. The van der Waals surface area contributed by atoms with Crippen LogP contribution in [0.15, 0.2) is 0 Å². The van der Waals surface area contributed by atoms with E-state index in [-0.39, 0.29) is 12.6 Å². The first kappa shape index (κ1) is 12.3. The van der Waals surface area contributed by atoms with E-state index in [2.05, 4.69) is 0 Å². The Hall–Kier alpha value is -0.820. The smallest absolute Gasteiger partial charge is 0.379 e. The van der Waals surface area contributed by atoms with Crippen LogP contribution < -0.4 is 5.73 Å². The van der Waals surface area contributed by atoms with Crippen LogP contribution in [0, 0.1) is 0 Å². The van der Waals surface area contributed by atoms with Crippen molar-refractivity contribution in [3.05, 3.63) is 0 Å². The number of carbonyl (C=O) groups is 1. The monoisotopic (exact) mass is 226 g/mol. The Morgan fingerprint density at radius 3 is 2.60 bits per heavy atom.